The normalized spacial score (nSPS) is 16.0. The average molecular weight is 345 g/mol. The van der Waals surface area contributed by atoms with Crippen molar-refractivity contribution < 1.29 is 9.59 Å². The van der Waals surface area contributed by atoms with Gasteiger partial charge >= 0.3 is 6.03 Å². The highest BCUT2D eigenvalue weighted by Crippen LogP contribution is 2.24. The minimum atomic E-state index is -0.449. The lowest BCUT2D eigenvalue weighted by atomic mass is 9.90. The molecule has 0 radical (unpaired) electrons. The largest absolute Gasteiger partial charge is 0.343 e. The molecule has 0 aromatic heterocycles. The summed E-state index contributed by atoms with van der Waals surface area (Å²) in [6.45, 7) is 11.4. The molecule has 1 saturated heterocycles. The molecule has 5 heteroatoms. The zero-order valence-electron chi connectivity index (χ0n) is 16.1. The average Bonchev–Trinajstić information content (AvgIpc) is 2.54. The number of rotatable bonds is 4. The maximum absolute atomic E-state index is 12.4. The van der Waals surface area contributed by atoms with Gasteiger partial charge in [-0.05, 0) is 43.7 Å². The van der Waals surface area contributed by atoms with Gasteiger partial charge in [-0.3, -0.25) is 4.79 Å². The minimum Gasteiger partial charge on any atom is -0.343 e. The van der Waals surface area contributed by atoms with E-state index in [4.69, 9.17) is 0 Å². The summed E-state index contributed by atoms with van der Waals surface area (Å²) in [4.78, 5) is 25.6. The Balaban J connectivity index is 1.93. The molecule has 0 spiro atoms. The number of urea groups is 1. The molecule has 25 heavy (non-hydrogen) atoms. The maximum Gasteiger partial charge on any atom is 0.315 e. The highest BCUT2D eigenvalue weighted by molar-refractivity contribution is 5.75. The van der Waals surface area contributed by atoms with Crippen LogP contribution < -0.4 is 10.6 Å². The van der Waals surface area contributed by atoms with Crippen LogP contribution in [-0.2, 0) is 10.3 Å². The zero-order chi connectivity index (χ0) is 18.6. The summed E-state index contributed by atoms with van der Waals surface area (Å²) < 4.78 is 0. The SMILES string of the molecule is CC(=O)N1CCC(NC(=O)NC(C)(C)c2cccc(C(C)C)c2)CC1. The van der Waals surface area contributed by atoms with Crippen molar-refractivity contribution in [1.82, 2.24) is 15.5 Å². The third-order valence-corrected chi connectivity index (χ3v) is 4.98. The van der Waals surface area contributed by atoms with Crippen LogP contribution in [0.2, 0.25) is 0 Å². The third-order valence-electron chi connectivity index (χ3n) is 4.98. The van der Waals surface area contributed by atoms with E-state index in [1.165, 1.54) is 5.56 Å². The van der Waals surface area contributed by atoms with Gasteiger partial charge in [-0.25, -0.2) is 4.79 Å². The number of carbonyl (C=O) groups is 2. The number of likely N-dealkylation sites (tertiary alicyclic amines) is 1. The Morgan fingerprint density at radius 2 is 1.84 bits per heavy atom. The highest BCUT2D eigenvalue weighted by atomic mass is 16.2. The molecule has 1 aliphatic rings. The molecule has 0 unspecified atom stereocenters. The van der Waals surface area contributed by atoms with Crippen LogP contribution in [0, 0.1) is 0 Å². The molecule has 1 aromatic carbocycles. The summed E-state index contributed by atoms with van der Waals surface area (Å²) in [5.41, 5.74) is 1.92. The van der Waals surface area contributed by atoms with Gasteiger partial charge < -0.3 is 15.5 Å². The second kappa shape index (κ2) is 7.89. The minimum absolute atomic E-state index is 0.106. The molecule has 1 heterocycles. The van der Waals surface area contributed by atoms with Crippen molar-refractivity contribution in [3.8, 4) is 0 Å². The fraction of sp³-hybridized carbons (Fsp3) is 0.600. The summed E-state index contributed by atoms with van der Waals surface area (Å²) >= 11 is 0. The molecular formula is C20H31N3O2. The monoisotopic (exact) mass is 345 g/mol. The highest BCUT2D eigenvalue weighted by Gasteiger charge is 2.26. The first-order valence-corrected chi connectivity index (χ1v) is 9.13. The summed E-state index contributed by atoms with van der Waals surface area (Å²) in [7, 11) is 0. The van der Waals surface area contributed by atoms with E-state index in [1.807, 2.05) is 24.8 Å². The van der Waals surface area contributed by atoms with Gasteiger partial charge in [0, 0.05) is 26.1 Å². The molecule has 5 nitrogen and oxygen atoms in total. The van der Waals surface area contributed by atoms with Crippen LogP contribution in [0.15, 0.2) is 24.3 Å². The van der Waals surface area contributed by atoms with Crippen LogP contribution in [0.1, 0.15) is 64.5 Å². The lowest BCUT2D eigenvalue weighted by Crippen LogP contribution is -2.52. The van der Waals surface area contributed by atoms with E-state index < -0.39 is 5.54 Å². The van der Waals surface area contributed by atoms with Gasteiger partial charge in [0.25, 0.3) is 0 Å². The topological polar surface area (TPSA) is 61.4 Å². The molecule has 0 saturated carbocycles. The third kappa shape index (κ3) is 5.21. The quantitative estimate of drug-likeness (QED) is 0.879. The molecular weight excluding hydrogens is 314 g/mol. The van der Waals surface area contributed by atoms with Crippen molar-refractivity contribution in [2.45, 2.75) is 65.0 Å². The maximum atomic E-state index is 12.4. The summed E-state index contributed by atoms with van der Waals surface area (Å²) in [5.74, 6) is 0.560. The number of amides is 3. The Bertz CT molecular complexity index is 617. The van der Waals surface area contributed by atoms with Gasteiger partial charge in [-0.2, -0.15) is 0 Å². The second-order valence-corrected chi connectivity index (χ2v) is 7.78. The molecule has 0 aliphatic carbocycles. The Hall–Kier alpha value is -2.04. The van der Waals surface area contributed by atoms with Crippen LogP contribution in [0.4, 0.5) is 4.79 Å². The Morgan fingerprint density at radius 3 is 2.40 bits per heavy atom. The van der Waals surface area contributed by atoms with Gasteiger partial charge in [0.2, 0.25) is 5.91 Å². The van der Waals surface area contributed by atoms with Crippen LogP contribution in [0.3, 0.4) is 0 Å². The van der Waals surface area contributed by atoms with Crippen molar-refractivity contribution in [3.05, 3.63) is 35.4 Å². The number of nitrogens with one attached hydrogen (secondary N) is 2. The van der Waals surface area contributed by atoms with E-state index in [0.717, 1.165) is 18.4 Å². The van der Waals surface area contributed by atoms with Gasteiger partial charge in [0.15, 0.2) is 0 Å². The number of hydrogen-bond acceptors (Lipinski definition) is 2. The van der Waals surface area contributed by atoms with Crippen molar-refractivity contribution in [2.24, 2.45) is 0 Å². The first-order valence-electron chi connectivity index (χ1n) is 9.13. The smallest absolute Gasteiger partial charge is 0.315 e. The summed E-state index contributed by atoms with van der Waals surface area (Å²) in [5, 5.41) is 6.14. The van der Waals surface area contributed by atoms with Crippen molar-refractivity contribution >= 4 is 11.9 Å². The number of benzene rings is 1. The first-order chi connectivity index (χ1) is 11.7. The molecule has 2 rings (SSSR count). The second-order valence-electron chi connectivity index (χ2n) is 7.78. The molecule has 2 N–H and O–H groups in total. The molecule has 138 valence electrons. The molecule has 0 bridgehead atoms. The molecule has 0 atom stereocenters. The van der Waals surface area contributed by atoms with Gasteiger partial charge in [-0.1, -0.05) is 38.1 Å². The van der Waals surface area contributed by atoms with Crippen molar-refractivity contribution in [2.75, 3.05) is 13.1 Å². The zero-order valence-corrected chi connectivity index (χ0v) is 16.1. The molecule has 1 aromatic rings. The van der Waals surface area contributed by atoms with E-state index in [1.54, 1.807) is 6.92 Å². The Labute approximate surface area is 151 Å². The fourth-order valence-corrected chi connectivity index (χ4v) is 3.20. The van der Waals surface area contributed by atoms with Crippen LogP contribution in [0.5, 0.6) is 0 Å². The lowest BCUT2D eigenvalue weighted by molar-refractivity contribution is -0.129. The molecule has 1 aliphatic heterocycles. The van der Waals surface area contributed by atoms with Crippen LogP contribution in [-0.4, -0.2) is 36.0 Å². The van der Waals surface area contributed by atoms with Crippen molar-refractivity contribution in [1.29, 1.82) is 0 Å². The van der Waals surface area contributed by atoms with Gasteiger partial charge in [0.05, 0.1) is 5.54 Å². The number of nitrogens with zero attached hydrogens (tertiary/aromatic N) is 1. The number of hydrogen-bond donors (Lipinski definition) is 2. The number of piperidine rings is 1. The fourth-order valence-electron chi connectivity index (χ4n) is 3.20. The predicted octanol–water partition coefficient (Wildman–Crippen LogP) is 3.36. The predicted molar refractivity (Wildman–Crippen MR) is 101 cm³/mol. The summed E-state index contributed by atoms with van der Waals surface area (Å²) in [6.07, 6.45) is 1.60. The van der Waals surface area contributed by atoms with Gasteiger partial charge in [0.1, 0.15) is 0 Å². The Kier molecular flexibility index (Phi) is 6.09. The van der Waals surface area contributed by atoms with Crippen LogP contribution in [0.25, 0.3) is 0 Å². The molecule has 1 fully saturated rings. The van der Waals surface area contributed by atoms with E-state index in [0.29, 0.717) is 19.0 Å². The summed E-state index contributed by atoms with van der Waals surface area (Å²) in [6, 6.07) is 8.35. The lowest BCUT2D eigenvalue weighted by Gasteiger charge is -2.33. The van der Waals surface area contributed by atoms with Crippen LogP contribution >= 0.6 is 0 Å². The van der Waals surface area contributed by atoms with Gasteiger partial charge in [-0.15, -0.1) is 0 Å². The van der Waals surface area contributed by atoms with E-state index in [2.05, 4.69) is 42.7 Å². The van der Waals surface area contributed by atoms with E-state index in [9.17, 15) is 9.59 Å². The number of carbonyl (C=O) groups excluding carboxylic acids is 2. The van der Waals surface area contributed by atoms with E-state index in [-0.39, 0.29) is 18.0 Å². The Morgan fingerprint density at radius 1 is 1.20 bits per heavy atom. The molecule has 3 amide bonds. The standard InChI is InChI=1S/C20H31N3O2/c1-14(2)16-7-6-8-17(13-16)20(4,5)22-19(25)21-18-9-11-23(12-10-18)15(3)24/h6-8,13-14,18H,9-12H2,1-5H3,(H2,21,22,25). The van der Waals surface area contributed by atoms with Crippen molar-refractivity contribution in [3.63, 3.8) is 0 Å². The first kappa shape index (κ1) is 19.3. The van der Waals surface area contributed by atoms with E-state index >= 15 is 0 Å².